The average molecular weight is 308 g/mol. The van der Waals surface area contributed by atoms with Gasteiger partial charge in [-0.2, -0.15) is 0 Å². The number of hydrogen-bond acceptors (Lipinski definition) is 3. The van der Waals surface area contributed by atoms with Gasteiger partial charge in [-0.25, -0.2) is 4.79 Å². The van der Waals surface area contributed by atoms with Gasteiger partial charge >= 0.3 is 5.97 Å². The Labute approximate surface area is 136 Å². The fourth-order valence-electron chi connectivity index (χ4n) is 3.63. The van der Waals surface area contributed by atoms with E-state index in [2.05, 4.69) is 0 Å². The molecule has 1 aliphatic carbocycles. The maximum atomic E-state index is 12.4. The first kappa shape index (κ1) is 14.5. The molecule has 1 saturated carbocycles. The predicted octanol–water partition coefficient (Wildman–Crippen LogP) is 4.41. The molecule has 2 aliphatic rings. The van der Waals surface area contributed by atoms with E-state index in [1.54, 1.807) is 0 Å². The maximum Gasteiger partial charge on any atom is 0.341 e. The molecule has 0 spiro atoms. The van der Waals surface area contributed by atoms with Crippen LogP contribution in [0.2, 0.25) is 0 Å². The van der Waals surface area contributed by atoms with Gasteiger partial charge in [-0.15, -0.1) is 0 Å². The molecule has 2 aromatic carbocycles. The molecule has 1 aliphatic heterocycles. The predicted molar refractivity (Wildman–Crippen MR) is 87.0 cm³/mol. The van der Waals surface area contributed by atoms with Gasteiger partial charge in [-0.3, -0.25) is 0 Å². The molecule has 0 bridgehead atoms. The highest BCUT2D eigenvalue weighted by atomic mass is 16.7. The minimum absolute atomic E-state index is 0.128. The van der Waals surface area contributed by atoms with E-state index in [0.29, 0.717) is 5.56 Å². The first-order valence-electron chi connectivity index (χ1n) is 8.36. The highest BCUT2D eigenvalue weighted by Gasteiger charge is 2.49. The summed E-state index contributed by atoms with van der Waals surface area (Å²) in [5, 5.41) is 0. The van der Waals surface area contributed by atoms with Crippen molar-refractivity contribution in [2.45, 2.75) is 44.0 Å². The normalized spacial score (nSPS) is 24.3. The summed E-state index contributed by atoms with van der Waals surface area (Å²) in [7, 11) is 0. The third-order valence-electron chi connectivity index (χ3n) is 4.78. The molecular formula is C20H20O3. The standard InChI is InChI=1S/C20H20O3/c21-19-17-13-7-8-14-18(17)20(23-19,15-9-3-1-4-10-15)22-16-11-5-2-6-12-16/h1,3-4,7-10,13-14,16H,2,5-6,11-12H2/t20-/m1/s1. The molecule has 0 unspecified atom stereocenters. The molecule has 0 N–H and O–H groups in total. The lowest BCUT2D eigenvalue weighted by Gasteiger charge is -2.35. The number of ether oxygens (including phenoxy) is 2. The highest BCUT2D eigenvalue weighted by molar-refractivity contribution is 5.95. The molecule has 0 radical (unpaired) electrons. The number of hydrogen-bond donors (Lipinski definition) is 0. The van der Waals surface area contributed by atoms with Crippen molar-refractivity contribution in [3.05, 3.63) is 71.3 Å². The summed E-state index contributed by atoms with van der Waals surface area (Å²) in [5.74, 6) is -1.41. The molecule has 23 heavy (non-hydrogen) atoms. The van der Waals surface area contributed by atoms with Crippen molar-refractivity contribution in [2.24, 2.45) is 0 Å². The number of carbonyl (C=O) groups excluding carboxylic acids is 1. The summed E-state index contributed by atoms with van der Waals surface area (Å²) >= 11 is 0. The van der Waals surface area contributed by atoms with Gasteiger partial charge in [0.2, 0.25) is 0 Å². The summed E-state index contributed by atoms with van der Waals surface area (Å²) in [6, 6.07) is 17.4. The zero-order chi connectivity index (χ0) is 15.7. The van der Waals surface area contributed by atoms with Crippen molar-refractivity contribution in [1.29, 1.82) is 0 Å². The molecule has 0 aromatic heterocycles. The Morgan fingerprint density at radius 1 is 0.913 bits per heavy atom. The second-order valence-electron chi connectivity index (χ2n) is 6.30. The number of rotatable bonds is 3. The van der Waals surface area contributed by atoms with Crippen molar-refractivity contribution in [3.8, 4) is 0 Å². The van der Waals surface area contributed by atoms with Gasteiger partial charge in [-0.05, 0) is 18.9 Å². The molecule has 1 heterocycles. The molecule has 0 saturated heterocycles. The van der Waals surface area contributed by atoms with Gasteiger partial charge in [0.1, 0.15) is 0 Å². The lowest BCUT2D eigenvalue weighted by atomic mass is 9.93. The molecule has 2 aromatic rings. The van der Waals surface area contributed by atoms with Crippen LogP contribution in [0.25, 0.3) is 0 Å². The van der Waals surface area contributed by atoms with E-state index in [0.717, 1.165) is 24.0 Å². The minimum atomic E-state index is -1.10. The minimum Gasteiger partial charge on any atom is -0.420 e. The van der Waals surface area contributed by atoms with E-state index < -0.39 is 5.79 Å². The zero-order valence-corrected chi connectivity index (χ0v) is 13.0. The van der Waals surface area contributed by atoms with E-state index in [-0.39, 0.29) is 12.1 Å². The lowest BCUT2D eigenvalue weighted by molar-refractivity contribution is -0.208. The second-order valence-corrected chi connectivity index (χ2v) is 6.30. The lowest BCUT2D eigenvalue weighted by Crippen LogP contribution is -2.36. The molecule has 4 rings (SSSR count). The Hall–Kier alpha value is -2.13. The van der Waals surface area contributed by atoms with Crippen LogP contribution in [0, 0.1) is 0 Å². The largest absolute Gasteiger partial charge is 0.420 e. The van der Waals surface area contributed by atoms with Gasteiger partial charge < -0.3 is 9.47 Å². The monoisotopic (exact) mass is 308 g/mol. The number of carbonyl (C=O) groups is 1. The van der Waals surface area contributed by atoms with Gasteiger partial charge in [0.15, 0.2) is 0 Å². The highest BCUT2D eigenvalue weighted by Crippen LogP contribution is 2.44. The molecule has 3 heteroatoms. The average Bonchev–Trinajstić information content (AvgIpc) is 2.90. The van der Waals surface area contributed by atoms with E-state index in [4.69, 9.17) is 9.47 Å². The Bertz CT molecular complexity index is 704. The summed E-state index contributed by atoms with van der Waals surface area (Å²) in [4.78, 5) is 12.4. The van der Waals surface area contributed by atoms with Gasteiger partial charge in [0, 0.05) is 11.1 Å². The smallest absolute Gasteiger partial charge is 0.341 e. The van der Waals surface area contributed by atoms with Crippen LogP contribution >= 0.6 is 0 Å². The number of benzene rings is 2. The van der Waals surface area contributed by atoms with Crippen molar-refractivity contribution >= 4 is 5.97 Å². The van der Waals surface area contributed by atoms with Crippen LogP contribution in [-0.4, -0.2) is 12.1 Å². The van der Waals surface area contributed by atoms with Crippen LogP contribution in [0.5, 0.6) is 0 Å². The molecule has 1 atom stereocenters. The fourth-order valence-corrected chi connectivity index (χ4v) is 3.63. The molecular weight excluding hydrogens is 288 g/mol. The Balaban J connectivity index is 1.81. The first-order chi connectivity index (χ1) is 11.3. The quantitative estimate of drug-likeness (QED) is 0.788. The topological polar surface area (TPSA) is 35.5 Å². The second kappa shape index (κ2) is 5.82. The van der Waals surface area contributed by atoms with E-state index >= 15 is 0 Å². The Morgan fingerprint density at radius 3 is 2.39 bits per heavy atom. The van der Waals surface area contributed by atoms with Crippen LogP contribution in [-0.2, 0) is 15.3 Å². The number of esters is 1. The van der Waals surface area contributed by atoms with Crippen LogP contribution in [0.15, 0.2) is 54.6 Å². The molecule has 1 fully saturated rings. The molecule has 0 amide bonds. The van der Waals surface area contributed by atoms with Gasteiger partial charge in [-0.1, -0.05) is 67.8 Å². The van der Waals surface area contributed by atoms with Crippen LogP contribution in [0.1, 0.15) is 53.6 Å². The van der Waals surface area contributed by atoms with Crippen molar-refractivity contribution in [3.63, 3.8) is 0 Å². The molecule has 118 valence electrons. The zero-order valence-electron chi connectivity index (χ0n) is 13.0. The Kier molecular flexibility index (Phi) is 3.66. The van der Waals surface area contributed by atoms with E-state index in [9.17, 15) is 4.79 Å². The summed E-state index contributed by atoms with van der Waals surface area (Å²) in [6.07, 6.45) is 5.77. The Morgan fingerprint density at radius 2 is 1.61 bits per heavy atom. The van der Waals surface area contributed by atoms with Crippen LogP contribution in [0.3, 0.4) is 0 Å². The van der Waals surface area contributed by atoms with Crippen molar-refractivity contribution < 1.29 is 14.3 Å². The summed E-state index contributed by atoms with van der Waals surface area (Å²) < 4.78 is 12.3. The van der Waals surface area contributed by atoms with Crippen molar-refractivity contribution in [1.82, 2.24) is 0 Å². The van der Waals surface area contributed by atoms with Crippen molar-refractivity contribution in [2.75, 3.05) is 0 Å². The fraction of sp³-hybridized carbons (Fsp3) is 0.350. The first-order valence-corrected chi connectivity index (χ1v) is 8.36. The SMILES string of the molecule is O=C1O[C@](OC2CCCCC2)(c2ccccc2)c2ccccc21. The number of cyclic esters (lactones) is 1. The maximum absolute atomic E-state index is 12.4. The van der Waals surface area contributed by atoms with Gasteiger partial charge in [0.25, 0.3) is 5.79 Å². The van der Waals surface area contributed by atoms with Crippen LogP contribution < -0.4 is 0 Å². The summed E-state index contributed by atoms with van der Waals surface area (Å²) in [6.45, 7) is 0. The van der Waals surface area contributed by atoms with E-state index in [1.807, 2.05) is 54.6 Å². The summed E-state index contributed by atoms with van der Waals surface area (Å²) in [5.41, 5.74) is 2.30. The number of fused-ring (bicyclic) bond motifs is 1. The van der Waals surface area contributed by atoms with E-state index in [1.165, 1.54) is 19.3 Å². The third-order valence-corrected chi connectivity index (χ3v) is 4.78. The van der Waals surface area contributed by atoms with Gasteiger partial charge in [0.05, 0.1) is 11.7 Å². The van der Waals surface area contributed by atoms with Crippen LogP contribution in [0.4, 0.5) is 0 Å². The third kappa shape index (κ3) is 2.45. The molecule has 3 nitrogen and oxygen atoms in total.